The standard InChI is InChI=1S/C32H41F3N2O4/c1-30(2,3)24-25(36-18-21-16-22(32(33,34)35)12-13-23(21)41-6)26(19-10-8-7-9-11-19)37(27(24)29(39)40)28(38)20-14-15-31(4,5)17-20/h7-13,16,20,24-27,36H,14-15,17-18H2,1-6H3,(H,39,40)/t20?,24-,25-,26-,27-/m0/s1. The van der Waals surface area contributed by atoms with Crippen molar-refractivity contribution in [2.24, 2.45) is 22.7 Å². The van der Waals surface area contributed by atoms with Gasteiger partial charge in [-0.25, -0.2) is 4.79 Å². The van der Waals surface area contributed by atoms with Crippen molar-refractivity contribution in [3.63, 3.8) is 0 Å². The first-order chi connectivity index (χ1) is 19.0. The number of ether oxygens (including phenoxy) is 1. The number of alkyl halides is 3. The Morgan fingerprint density at radius 2 is 1.76 bits per heavy atom. The van der Waals surface area contributed by atoms with Crippen LogP contribution in [0.4, 0.5) is 13.2 Å². The van der Waals surface area contributed by atoms with E-state index in [4.69, 9.17) is 4.74 Å². The Kier molecular flexibility index (Phi) is 8.52. The summed E-state index contributed by atoms with van der Waals surface area (Å²) in [6.45, 7) is 10.1. The molecule has 1 heterocycles. The summed E-state index contributed by atoms with van der Waals surface area (Å²) in [5.41, 5.74) is -0.282. The van der Waals surface area contributed by atoms with Crippen LogP contribution in [0.2, 0.25) is 0 Å². The summed E-state index contributed by atoms with van der Waals surface area (Å²) in [5.74, 6) is -1.80. The van der Waals surface area contributed by atoms with Crippen molar-refractivity contribution >= 4 is 11.9 Å². The van der Waals surface area contributed by atoms with Gasteiger partial charge < -0.3 is 20.1 Å². The predicted molar refractivity (Wildman–Crippen MR) is 150 cm³/mol. The number of halogens is 3. The molecule has 0 radical (unpaired) electrons. The molecule has 2 N–H and O–H groups in total. The molecular formula is C32H41F3N2O4. The molecule has 1 saturated carbocycles. The molecule has 6 nitrogen and oxygen atoms in total. The van der Waals surface area contributed by atoms with Gasteiger partial charge in [0.2, 0.25) is 5.91 Å². The van der Waals surface area contributed by atoms with Gasteiger partial charge in [0.1, 0.15) is 11.8 Å². The maximum Gasteiger partial charge on any atom is 0.416 e. The fourth-order valence-electron chi connectivity index (χ4n) is 6.91. The number of carboxylic acids is 1. The molecule has 9 heteroatoms. The van der Waals surface area contributed by atoms with Crippen molar-refractivity contribution < 1.29 is 32.6 Å². The Morgan fingerprint density at radius 3 is 2.27 bits per heavy atom. The SMILES string of the molecule is COc1ccc(C(F)(F)F)cc1CN[C@H]1[C@H](C(C)(C)C)[C@@H](C(=O)O)N(C(=O)C2CCC(C)(C)C2)[C@H]1c1ccccc1. The summed E-state index contributed by atoms with van der Waals surface area (Å²) in [6.07, 6.45) is -2.28. The molecule has 224 valence electrons. The number of hydrogen-bond donors (Lipinski definition) is 2. The van der Waals surface area contributed by atoms with Crippen LogP contribution in [-0.4, -0.2) is 41.1 Å². The van der Waals surface area contributed by atoms with Crippen LogP contribution in [0.15, 0.2) is 48.5 Å². The molecule has 0 aromatic heterocycles. The zero-order valence-corrected chi connectivity index (χ0v) is 24.6. The van der Waals surface area contributed by atoms with Crippen LogP contribution in [-0.2, 0) is 22.3 Å². The van der Waals surface area contributed by atoms with E-state index < -0.39 is 47.2 Å². The number of nitrogens with one attached hydrogen (secondary N) is 1. The highest BCUT2D eigenvalue weighted by molar-refractivity contribution is 5.87. The van der Waals surface area contributed by atoms with Crippen LogP contribution < -0.4 is 10.1 Å². The summed E-state index contributed by atoms with van der Waals surface area (Å²) < 4.78 is 46.0. The first kappa shape index (κ1) is 30.9. The molecule has 2 aromatic carbocycles. The van der Waals surface area contributed by atoms with Gasteiger partial charge in [0, 0.05) is 30.0 Å². The molecule has 2 aromatic rings. The second kappa shape index (κ2) is 11.3. The molecule has 2 aliphatic rings. The number of amides is 1. The van der Waals surface area contributed by atoms with E-state index in [0.29, 0.717) is 24.2 Å². The number of nitrogens with zero attached hydrogens (tertiary/aromatic N) is 1. The quantitative estimate of drug-likeness (QED) is 0.385. The lowest BCUT2D eigenvalue weighted by atomic mass is 9.72. The Morgan fingerprint density at radius 1 is 1.10 bits per heavy atom. The molecule has 1 unspecified atom stereocenters. The van der Waals surface area contributed by atoms with Gasteiger partial charge in [0.05, 0.1) is 18.7 Å². The van der Waals surface area contributed by atoms with Crippen molar-refractivity contribution in [2.75, 3.05) is 7.11 Å². The highest BCUT2D eigenvalue weighted by atomic mass is 19.4. The number of carboxylic acid groups (broad SMARTS) is 1. The van der Waals surface area contributed by atoms with Crippen molar-refractivity contribution in [3.8, 4) is 5.75 Å². The van der Waals surface area contributed by atoms with E-state index in [1.807, 2.05) is 51.1 Å². The van der Waals surface area contributed by atoms with Gasteiger partial charge in [-0.3, -0.25) is 4.79 Å². The Bertz CT molecular complexity index is 1260. The van der Waals surface area contributed by atoms with Crippen LogP contribution >= 0.6 is 0 Å². The number of likely N-dealkylation sites (tertiary alicyclic amines) is 1. The topological polar surface area (TPSA) is 78.9 Å². The summed E-state index contributed by atoms with van der Waals surface area (Å²) in [4.78, 5) is 28.8. The Labute approximate surface area is 240 Å². The molecule has 1 amide bonds. The summed E-state index contributed by atoms with van der Waals surface area (Å²) >= 11 is 0. The third kappa shape index (κ3) is 6.40. The molecule has 0 bridgehead atoms. The number of rotatable bonds is 7. The fraction of sp³-hybridized carbons (Fsp3) is 0.562. The van der Waals surface area contributed by atoms with Gasteiger partial charge in [-0.2, -0.15) is 13.2 Å². The normalized spacial score (nSPS) is 26.3. The van der Waals surface area contributed by atoms with Gasteiger partial charge in [-0.15, -0.1) is 0 Å². The molecule has 1 saturated heterocycles. The minimum atomic E-state index is -4.53. The molecule has 5 atom stereocenters. The average Bonchev–Trinajstić information content (AvgIpc) is 3.44. The molecular weight excluding hydrogens is 533 g/mol. The van der Waals surface area contributed by atoms with Gasteiger partial charge in [-0.05, 0) is 53.9 Å². The van der Waals surface area contributed by atoms with Crippen molar-refractivity contribution in [3.05, 3.63) is 65.2 Å². The van der Waals surface area contributed by atoms with Gasteiger partial charge in [0.15, 0.2) is 0 Å². The van der Waals surface area contributed by atoms with E-state index in [2.05, 4.69) is 19.2 Å². The lowest BCUT2D eigenvalue weighted by molar-refractivity contribution is -0.154. The van der Waals surface area contributed by atoms with Gasteiger partial charge in [0.25, 0.3) is 0 Å². The Hall–Kier alpha value is -3.07. The van der Waals surface area contributed by atoms with Crippen LogP contribution in [0.1, 0.15) is 76.6 Å². The molecule has 2 fully saturated rings. The predicted octanol–water partition coefficient (Wildman–Crippen LogP) is 6.70. The lowest BCUT2D eigenvalue weighted by Gasteiger charge is -2.35. The van der Waals surface area contributed by atoms with Crippen molar-refractivity contribution in [1.82, 2.24) is 10.2 Å². The maximum absolute atomic E-state index is 14.3. The van der Waals surface area contributed by atoms with Crippen LogP contribution in [0, 0.1) is 22.7 Å². The molecule has 0 spiro atoms. The summed E-state index contributed by atoms with van der Waals surface area (Å²) in [5, 5.41) is 14.0. The zero-order valence-electron chi connectivity index (χ0n) is 24.6. The summed E-state index contributed by atoms with van der Waals surface area (Å²) in [7, 11) is 1.40. The minimum Gasteiger partial charge on any atom is -0.496 e. The van der Waals surface area contributed by atoms with Crippen LogP contribution in [0.25, 0.3) is 0 Å². The summed E-state index contributed by atoms with van der Waals surface area (Å²) in [6, 6.07) is 10.4. The van der Waals surface area contributed by atoms with Crippen molar-refractivity contribution in [2.45, 2.75) is 84.7 Å². The first-order valence-corrected chi connectivity index (χ1v) is 14.1. The van der Waals surface area contributed by atoms with Gasteiger partial charge in [-0.1, -0.05) is 65.0 Å². The largest absolute Gasteiger partial charge is 0.496 e. The van der Waals surface area contributed by atoms with E-state index in [1.54, 1.807) is 4.90 Å². The second-order valence-corrected chi connectivity index (χ2v) is 13.3. The lowest BCUT2D eigenvalue weighted by Crippen LogP contribution is -2.49. The number of aliphatic carboxylic acids is 1. The van der Waals surface area contributed by atoms with E-state index in [-0.39, 0.29) is 23.8 Å². The van der Waals surface area contributed by atoms with E-state index in [9.17, 15) is 27.9 Å². The average molecular weight is 575 g/mol. The molecule has 41 heavy (non-hydrogen) atoms. The molecule has 1 aliphatic heterocycles. The number of benzene rings is 2. The molecule has 1 aliphatic carbocycles. The van der Waals surface area contributed by atoms with Crippen LogP contribution in [0.3, 0.4) is 0 Å². The van der Waals surface area contributed by atoms with E-state index >= 15 is 0 Å². The second-order valence-electron chi connectivity index (χ2n) is 13.3. The zero-order chi connectivity index (χ0) is 30.3. The number of carbonyl (C=O) groups is 2. The fourth-order valence-corrected chi connectivity index (χ4v) is 6.91. The maximum atomic E-state index is 14.3. The number of carbonyl (C=O) groups excluding carboxylic acids is 1. The van der Waals surface area contributed by atoms with Crippen LogP contribution in [0.5, 0.6) is 5.75 Å². The third-order valence-electron chi connectivity index (χ3n) is 8.77. The minimum absolute atomic E-state index is 0.00149. The highest BCUT2D eigenvalue weighted by Gasteiger charge is 2.59. The van der Waals surface area contributed by atoms with Gasteiger partial charge >= 0.3 is 12.1 Å². The smallest absolute Gasteiger partial charge is 0.416 e. The highest BCUT2D eigenvalue weighted by Crippen LogP contribution is 2.51. The number of methoxy groups -OCH3 is 1. The number of hydrogen-bond acceptors (Lipinski definition) is 4. The third-order valence-corrected chi connectivity index (χ3v) is 8.77. The van der Waals surface area contributed by atoms with E-state index in [0.717, 1.165) is 24.1 Å². The Balaban J connectivity index is 1.81. The monoisotopic (exact) mass is 574 g/mol. The molecule has 4 rings (SSSR count). The van der Waals surface area contributed by atoms with E-state index in [1.165, 1.54) is 13.2 Å². The van der Waals surface area contributed by atoms with Crippen molar-refractivity contribution in [1.29, 1.82) is 0 Å². The first-order valence-electron chi connectivity index (χ1n) is 14.1.